The van der Waals surface area contributed by atoms with Crippen LogP contribution in [0.5, 0.6) is 0 Å². The van der Waals surface area contributed by atoms with Gasteiger partial charge in [-0.2, -0.15) is 0 Å². The van der Waals surface area contributed by atoms with Crippen LogP contribution in [0.2, 0.25) is 0 Å². The van der Waals surface area contributed by atoms with E-state index < -0.39 is 11.4 Å². The predicted octanol–water partition coefficient (Wildman–Crippen LogP) is 1.91. The minimum atomic E-state index is -0.570. The van der Waals surface area contributed by atoms with Crippen molar-refractivity contribution in [1.82, 2.24) is 4.57 Å². The number of amides is 1. The van der Waals surface area contributed by atoms with Gasteiger partial charge in [-0.05, 0) is 25.8 Å². The smallest absolute Gasteiger partial charge is 0.355 e. The van der Waals surface area contributed by atoms with Gasteiger partial charge in [0.25, 0.3) is 0 Å². The number of rotatable bonds is 7. The summed E-state index contributed by atoms with van der Waals surface area (Å²) in [5.41, 5.74) is 6.17. The molecule has 6 heteroatoms. The van der Waals surface area contributed by atoms with Gasteiger partial charge in [0.15, 0.2) is 0 Å². The van der Waals surface area contributed by atoms with Gasteiger partial charge in [-0.25, -0.2) is 4.79 Å². The zero-order valence-electron chi connectivity index (χ0n) is 13.2. The number of hydrogen-bond donors (Lipinski definition) is 2. The summed E-state index contributed by atoms with van der Waals surface area (Å²) in [5, 5.41) is 2.85. The van der Waals surface area contributed by atoms with Crippen LogP contribution in [-0.4, -0.2) is 29.6 Å². The van der Waals surface area contributed by atoms with Gasteiger partial charge in [0.1, 0.15) is 5.69 Å². The summed E-state index contributed by atoms with van der Waals surface area (Å²) in [6, 6.07) is 1.61. The van der Waals surface area contributed by atoms with Crippen molar-refractivity contribution < 1.29 is 14.3 Å². The molecule has 0 saturated carbocycles. The summed E-state index contributed by atoms with van der Waals surface area (Å²) >= 11 is 0. The molecule has 118 valence electrons. The summed E-state index contributed by atoms with van der Waals surface area (Å²) in [7, 11) is 1.73. The molecule has 0 spiro atoms. The van der Waals surface area contributed by atoms with Crippen molar-refractivity contribution in [2.45, 2.75) is 33.6 Å². The van der Waals surface area contributed by atoms with Crippen molar-refractivity contribution >= 4 is 17.6 Å². The molecule has 0 aromatic carbocycles. The number of hydrogen-bond acceptors (Lipinski definition) is 4. The standard InChI is InChI=1S/C15H25N3O3/c1-5-15(6-2,10-16)14(20)17-11-8-12(18(4)9-11)13(19)21-7-3/h8-9H,5-7,10,16H2,1-4H3,(H,17,20). The molecule has 0 radical (unpaired) electrons. The van der Waals surface area contributed by atoms with E-state index in [-0.39, 0.29) is 5.91 Å². The molecule has 1 amide bonds. The zero-order chi connectivity index (χ0) is 16.0. The number of carbonyl (C=O) groups excluding carboxylic acids is 2. The van der Waals surface area contributed by atoms with E-state index in [0.717, 1.165) is 0 Å². The van der Waals surface area contributed by atoms with E-state index in [1.165, 1.54) is 0 Å². The molecule has 0 saturated heterocycles. The van der Waals surface area contributed by atoms with E-state index in [1.54, 1.807) is 30.8 Å². The van der Waals surface area contributed by atoms with Crippen LogP contribution >= 0.6 is 0 Å². The van der Waals surface area contributed by atoms with Crippen LogP contribution in [0.4, 0.5) is 5.69 Å². The lowest BCUT2D eigenvalue weighted by Crippen LogP contribution is -2.41. The van der Waals surface area contributed by atoms with Gasteiger partial charge in [0.2, 0.25) is 5.91 Å². The van der Waals surface area contributed by atoms with Crippen molar-refractivity contribution in [3.8, 4) is 0 Å². The molecule has 0 atom stereocenters. The lowest BCUT2D eigenvalue weighted by Gasteiger charge is -2.28. The van der Waals surface area contributed by atoms with Crippen molar-refractivity contribution in [3.63, 3.8) is 0 Å². The van der Waals surface area contributed by atoms with Crippen LogP contribution < -0.4 is 11.1 Å². The highest BCUT2D eigenvalue weighted by Crippen LogP contribution is 2.27. The lowest BCUT2D eigenvalue weighted by atomic mass is 9.81. The summed E-state index contributed by atoms with van der Waals surface area (Å²) in [4.78, 5) is 24.2. The molecule has 0 unspecified atom stereocenters. The molecule has 1 heterocycles. The lowest BCUT2D eigenvalue weighted by molar-refractivity contribution is -0.125. The Bertz CT molecular complexity index is 496. The van der Waals surface area contributed by atoms with Crippen molar-refractivity contribution in [2.75, 3.05) is 18.5 Å². The normalized spacial score (nSPS) is 11.3. The van der Waals surface area contributed by atoms with Gasteiger partial charge < -0.3 is 20.4 Å². The van der Waals surface area contributed by atoms with Gasteiger partial charge in [0, 0.05) is 19.8 Å². The second-order valence-corrected chi connectivity index (χ2v) is 5.09. The van der Waals surface area contributed by atoms with Crippen LogP contribution in [-0.2, 0) is 16.6 Å². The van der Waals surface area contributed by atoms with Gasteiger partial charge >= 0.3 is 5.97 Å². The Morgan fingerprint density at radius 1 is 1.33 bits per heavy atom. The molecule has 0 aliphatic carbocycles. The third-order valence-electron chi connectivity index (χ3n) is 3.97. The number of carbonyl (C=O) groups is 2. The highest BCUT2D eigenvalue weighted by Gasteiger charge is 2.33. The summed E-state index contributed by atoms with van der Waals surface area (Å²) in [6.45, 7) is 6.26. The molecule has 0 aliphatic heterocycles. The average Bonchev–Trinajstić information content (AvgIpc) is 2.82. The zero-order valence-corrected chi connectivity index (χ0v) is 13.2. The molecular formula is C15H25N3O3. The van der Waals surface area contributed by atoms with E-state index in [4.69, 9.17) is 10.5 Å². The molecule has 21 heavy (non-hydrogen) atoms. The molecule has 1 aromatic heterocycles. The first-order valence-electron chi connectivity index (χ1n) is 7.29. The fourth-order valence-corrected chi connectivity index (χ4v) is 2.26. The van der Waals surface area contributed by atoms with Crippen LogP contribution in [0.25, 0.3) is 0 Å². The number of ether oxygens (including phenoxy) is 1. The van der Waals surface area contributed by atoms with E-state index in [2.05, 4.69) is 5.32 Å². The largest absolute Gasteiger partial charge is 0.461 e. The first-order chi connectivity index (χ1) is 9.93. The molecule has 1 aromatic rings. The molecule has 0 bridgehead atoms. The van der Waals surface area contributed by atoms with Crippen LogP contribution in [0, 0.1) is 5.41 Å². The molecule has 1 rings (SSSR count). The second kappa shape index (κ2) is 7.26. The fourth-order valence-electron chi connectivity index (χ4n) is 2.26. The fraction of sp³-hybridized carbons (Fsp3) is 0.600. The van der Waals surface area contributed by atoms with Crippen LogP contribution in [0.3, 0.4) is 0 Å². The highest BCUT2D eigenvalue weighted by atomic mass is 16.5. The van der Waals surface area contributed by atoms with Crippen molar-refractivity contribution in [1.29, 1.82) is 0 Å². The Morgan fingerprint density at radius 3 is 2.43 bits per heavy atom. The summed E-state index contributed by atoms with van der Waals surface area (Å²) in [6.07, 6.45) is 3.03. The Balaban J connectivity index is 2.91. The Kier molecular flexibility index (Phi) is 5.96. The number of nitrogens with one attached hydrogen (secondary N) is 1. The van der Waals surface area contributed by atoms with Crippen molar-refractivity contribution in [3.05, 3.63) is 18.0 Å². The first-order valence-corrected chi connectivity index (χ1v) is 7.29. The quantitative estimate of drug-likeness (QED) is 0.752. The Morgan fingerprint density at radius 2 is 1.95 bits per heavy atom. The number of nitrogens with two attached hydrogens (primary N) is 1. The molecule has 0 aliphatic rings. The number of aryl methyl sites for hydroxylation is 1. The highest BCUT2D eigenvalue weighted by molar-refractivity contribution is 5.97. The van der Waals surface area contributed by atoms with E-state index in [0.29, 0.717) is 37.4 Å². The molecular weight excluding hydrogens is 270 g/mol. The topological polar surface area (TPSA) is 86.3 Å². The predicted molar refractivity (Wildman–Crippen MR) is 82.1 cm³/mol. The van der Waals surface area contributed by atoms with E-state index >= 15 is 0 Å². The minimum absolute atomic E-state index is 0.115. The maximum Gasteiger partial charge on any atom is 0.355 e. The second-order valence-electron chi connectivity index (χ2n) is 5.09. The number of nitrogens with zero attached hydrogens (tertiary/aromatic N) is 1. The minimum Gasteiger partial charge on any atom is -0.461 e. The summed E-state index contributed by atoms with van der Waals surface area (Å²) < 4.78 is 6.60. The Hall–Kier alpha value is -1.82. The Labute approximate surface area is 125 Å². The first kappa shape index (κ1) is 17.2. The summed E-state index contributed by atoms with van der Waals surface area (Å²) in [5.74, 6) is -0.521. The molecule has 0 fully saturated rings. The van der Waals surface area contributed by atoms with Crippen molar-refractivity contribution in [2.24, 2.45) is 18.2 Å². The number of aromatic nitrogens is 1. The average molecular weight is 295 g/mol. The SMILES string of the molecule is CCOC(=O)c1cc(NC(=O)C(CC)(CC)CN)cn1C. The monoisotopic (exact) mass is 295 g/mol. The number of anilines is 1. The number of esters is 1. The van der Waals surface area contributed by atoms with E-state index in [1.807, 2.05) is 13.8 Å². The van der Waals surface area contributed by atoms with Gasteiger partial charge in [-0.3, -0.25) is 4.79 Å². The third kappa shape index (κ3) is 3.64. The third-order valence-corrected chi connectivity index (χ3v) is 3.97. The molecule has 3 N–H and O–H groups in total. The van der Waals surface area contributed by atoms with E-state index in [9.17, 15) is 9.59 Å². The van der Waals surface area contributed by atoms with Gasteiger partial charge in [-0.1, -0.05) is 13.8 Å². The van der Waals surface area contributed by atoms with Gasteiger partial charge in [0.05, 0.1) is 17.7 Å². The maximum absolute atomic E-state index is 12.4. The van der Waals surface area contributed by atoms with Crippen LogP contribution in [0.1, 0.15) is 44.1 Å². The molecule has 6 nitrogen and oxygen atoms in total. The maximum atomic E-state index is 12.4. The van der Waals surface area contributed by atoms with Gasteiger partial charge in [-0.15, -0.1) is 0 Å². The van der Waals surface area contributed by atoms with Crippen LogP contribution in [0.15, 0.2) is 12.3 Å².